The van der Waals surface area contributed by atoms with Gasteiger partial charge < -0.3 is 34.5 Å². The van der Waals surface area contributed by atoms with Gasteiger partial charge in [0.1, 0.15) is 23.8 Å². The second-order valence-electron chi connectivity index (χ2n) is 7.53. The van der Waals surface area contributed by atoms with E-state index < -0.39 is 66.5 Å². The summed E-state index contributed by atoms with van der Waals surface area (Å²) in [5.41, 5.74) is 6.67. The number of phosphoric acid groups is 1. The van der Waals surface area contributed by atoms with Crippen LogP contribution in [0.4, 0.5) is 5.82 Å². The molecule has 3 aliphatic heterocycles. The maximum absolute atomic E-state index is 12.7. The molecule has 2 aromatic rings. The zero-order valence-electron chi connectivity index (χ0n) is 18.0. The molecule has 21 heteroatoms. The average molecular weight is 575 g/mol. The fourth-order valence-corrected chi connectivity index (χ4v) is 10.9. The maximum atomic E-state index is 12.7. The molecule has 5 heterocycles. The molecular formula is C14H20N5O12P3S. The van der Waals surface area contributed by atoms with Gasteiger partial charge in [-0.3, -0.25) is 18.2 Å². The molecule has 2 aromatic heterocycles. The summed E-state index contributed by atoms with van der Waals surface area (Å²) in [6, 6.07) is 0. The molecule has 35 heavy (non-hydrogen) atoms. The van der Waals surface area contributed by atoms with Crippen LogP contribution in [0.25, 0.3) is 11.2 Å². The predicted molar refractivity (Wildman–Crippen MR) is 116 cm³/mol. The number of hydrogen-bond acceptors (Lipinski definition) is 15. The van der Waals surface area contributed by atoms with Gasteiger partial charge in [-0.25, -0.2) is 28.1 Å². The number of nitrogen functional groups attached to an aromatic ring is 1. The average Bonchev–Trinajstić information content (AvgIpc) is 3.43. The molecule has 3 saturated heterocycles. The standard InChI is InChI=1S/C14H20N5O12P3S/c1-25-14-28-8-6(3-26-34(24)30-32(20,21)5-33(22,23)31-34)27-12(9(8)29-14)19-4-16-7-10(15)17-13(35-2)18-11(7)19/h4,6,8-9,12,14H,3,5H2,1-2H3,(H,20,21)(H,22,23)(H2,15,17,18)/t6-,8-,9-,12-,14?/m1/s1. The number of rotatable bonds is 6. The number of hydrogen-bond donors (Lipinski definition) is 3. The number of ether oxygens (including phenoxy) is 4. The van der Waals surface area contributed by atoms with Gasteiger partial charge >= 0.3 is 23.0 Å². The number of thioether (sulfide) groups is 1. The van der Waals surface area contributed by atoms with E-state index in [2.05, 4.69) is 23.6 Å². The number of methoxy groups -OCH3 is 1. The topological polar surface area (TPSA) is 226 Å². The number of nitrogens with two attached hydrogens (primary N) is 1. The highest BCUT2D eigenvalue weighted by Crippen LogP contribution is 2.78. The van der Waals surface area contributed by atoms with Gasteiger partial charge in [-0.1, -0.05) is 11.8 Å². The molecule has 3 fully saturated rings. The van der Waals surface area contributed by atoms with E-state index in [1.54, 1.807) is 10.8 Å². The van der Waals surface area contributed by atoms with Crippen LogP contribution in [0.15, 0.2) is 11.5 Å². The molecule has 0 radical (unpaired) electrons. The number of imidazole rings is 1. The van der Waals surface area contributed by atoms with Gasteiger partial charge in [-0.2, -0.15) is 0 Å². The lowest BCUT2D eigenvalue weighted by Crippen LogP contribution is -2.32. The van der Waals surface area contributed by atoms with Gasteiger partial charge in [-0.15, -0.1) is 0 Å². The summed E-state index contributed by atoms with van der Waals surface area (Å²) in [4.78, 5) is 32.1. The third-order valence-corrected chi connectivity index (χ3v) is 12.6. The van der Waals surface area contributed by atoms with E-state index in [0.29, 0.717) is 16.3 Å². The van der Waals surface area contributed by atoms with Crippen molar-refractivity contribution in [2.45, 2.75) is 36.2 Å². The Morgan fingerprint density at radius 3 is 2.51 bits per heavy atom. The van der Waals surface area contributed by atoms with Crippen LogP contribution in [0.3, 0.4) is 0 Å². The largest absolute Gasteiger partial charge is 0.489 e. The van der Waals surface area contributed by atoms with Crippen LogP contribution in [0.2, 0.25) is 0 Å². The van der Waals surface area contributed by atoms with Crippen LogP contribution in [0.5, 0.6) is 0 Å². The SMILES string of the molecule is COC1O[C@@H]2[C@H](O1)[C@@H](COP1(=O)OP(=O)(O)CP(=O)(O)O1)O[C@H]2n1cnc2c(N)nc(SC)nc21. The molecule has 0 aromatic carbocycles. The van der Waals surface area contributed by atoms with Crippen LogP contribution >= 0.6 is 34.8 Å². The van der Waals surface area contributed by atoms with Crippen LogP contribution in [0, 0.1) is 0 Å². The van der Waals surface area contributed by atoms with Gasteiger partial charge in [0.2, 0.25) is 0 Å². The number of anilines is 1. The second-order valence-corrected chi connectivity index (χ2v) is 14.4. The van der Waals surface area contributed by atoms with Crippen molar-refractivity contribution in [3.8, 4) is 0 Å². The Labute approximate surface area is 201 Å². The van der Waals surface area contributed by atoms with E-state index in [4.69, 9.17) is 29.2 Å². The maximum Gasteiger partial charge on any atom is 0.489 e. The minimum Gasteiger partial charge on any atom is -0.382 e. The highest BCUT2D eigenvalue weighted by Gasteiger charge is 2.57. The smallest absolute Gasteiger partial charge is 0.382 e. The molecule has 0 amide bonds. The van der Waals surface area contributed by atoms with E-state index in [9.17, 15) is 23.5 Å². The monoisotopic (exact) mass is 575 g/mol. The van der Waals surface area contributed by atoms with Crippen LogP contribution in [0.1, 0.15) is 6.23 Å². The summed E-state index contributed by atoms with van der Waals surface area (Å²) in [5, 5.41) is 0.399. The zero-order valence-corrected chi connectivity index (χ0v) is 21.5. The summed E-state index contributed by atoms with van der Waals surface area (Å²) in [7, 11) is -12.9. The van der Waals surface area contributed by atoms with Gasteiger partial charge in [0.15, 0.2) is 28.8 Å². The first-order chi connectivity index (χ1) is 16.4. The first-order valence-electron chi connectivity index (χ1n) is 9.77. The predicted octanol–water partition coefficient (Wildman–Crippen LogP) is 1.24. The molecule has 3 aliphatic rings. The normalized spacial score (nSPS) is 41.4. The van der Waals surface area contributed by atoms with Crippen molar-refractivity contribution in [1.82, 2.24) is 19.5 Å². The van der Waals surface area contributed by atoms with Gasteiger partial charge in [0.05, 0.1) is 12.9 Å². The van der Waals surface area contributed by atoms with E-state index >= 15 is 0 Å². The van der Waals surface area contributed by atoms with Crippen LogP contribution in [-0.4, -0.2) is 80.0 Å². The Hall–Kier alpha value is -0.970. The molecule has 5 rings (SSSR count). The molecule has 0 bridgehead atoms. The van der Waals surface area contributed by atoms with Crippen molar-refractivity contribution in [2.24, 2.45) is 0 Å². The molecule has 0 saturated carbocycles. The summed E-state index contributed by atoms with van der Waals surface area (Å²) in [6.45, 7) is -1.65. The third kappa shape index (κ3) is 4.97. The Bertz CT molecular complexity index is 1270. The first kappa shape index (κ1) is 25.7. The number of nitrogens with zero attached hydrogens (tertiary/aromatic N) is 4. The number of fused-ring (bicyclic) bond motifs is 2. The Morgan fingerprint density at radius 1 is 1.17 bits per heavy atom. The Morgan fingerprint density at radius 2 is 1.86 bits per heavy atom. The fraction of sp³-hybridized carbons (Fsp3) is 0.643. The molecule has 0 aliphatic carbocycles. The summed E-state index contributed by atoms with van der Waals surface area (Å²) in [6.07, 6.45) is -0.348. The molecule has 194 valence electrons. The van der Waals surface area contributed by atoms with E-state index in [0.717, 1.165) is 0 Å². The van der Waals surface area contributed by atoms with E-state index in [-0.39, 0.29) is 5.82 Å². The number of aromatic nitrogens is 4. The van der Waals surface area contributed by atoms with Crippen LogP contribution in [-0.2, 0) is 45.8 Å². The van der Waals surface area contributed by atoms with Crippen LogP contribution < -0.4 is 5.73 Å². The minimum absolute atomic E-state index is 0.164. The summed E-state index contributed by atoms with van der Waals surface area (Å²) < 4.78 is 74.7. The van der Waals surface area contributed by atoms with Gasteiger partial charge in [0.25, 0.3) is 6.48 Å². The van der Waals surface area contributed by atoms with Gasteiger partial charge in [0, 0.05) is 7.11 Å². The van der Waals surface area contributed by atoms with Crippen molar-refractivity contribution >= 4 is 51.8 Å². The first-order valence-corrected chi connectivity index (χ1v) is 16.0. The molecule has 17 nitrogen and oxygen atoms in total. The Balaban J connectivity index is 1.42. The van der Waals surface area contributed by atoms with Crippen molar-refractivity contribution in [1.29, 1.82) is 0 Å². The molecule has 0 spiro atoms. The lowest BCUT2D eigenvalue weighted by atomic mass is 10.1. The zero-order chi connectivity index (χ0) is 25.2. The van der Waals surface area contributed by atoms with Crippen molar-refractivity contribution < 1.29 is 55.6 Å². The van der Waals surface area contributed by atoms with E-state index in [1.807, 2.05) is 0 Å². The molecule has 3 unspecified atom stereocenters. The highest BCUT2D eigenvalue weighted by atomic mass is 32.2. The fourth-order valence-electron chi connectivity index (χ4n) is 3.79. The highest BCUT2D eigenvalue weighted by molar-refractivity contribution is 7.98. The molecular weight excluding hydrogens is 555 g/mol. The van der Waals surface area contributed by atoms with Crippen molar-refractivity contribution in [2.75, 3.05) is 31.6 Å². The summed E-state index contributed by atoms with van der Waals surface area (Å²) in [5.74, 6) is -1.05. The third-order valence-electron chi connectivity index (χ3n) is 5.11. The van der Waals surface area contributed by atoms with E-state index in [1.165, 1.54) is 25.2 Å². The molecule has 7 atom stereocenters. The lowest BCUT2D eigenvalue weighted by Gasteiger charge is -2.28. The van der Waals surface area contributed by atoms with Crippen molar-refractivity contribution in [3.05, 3.63) is 6.33 Å². The lowest BCUT2D eigenvalue weighted by molar-refractivity contribution is -0.256. The second kappa shape index (κ2) is 9.10. The quantitative estimate of drug-likeness (QED) is 0.250. The summed E-state index contributed by atoms with van der Waals surface area (Å²) >= 11 is 1.27. The van der Waals surface area contributed by atoms with Gasteiger partial charge in [-0.05, 0) is 6.26 Å². The minimum atomic E-state index is -4.90. The van der Waals surface area contributed by atoms with Crippen molar-refractivity contribution in [3.63, 3.8) is 0 Å². The Kier molecular flexibility index (Phi) is 6.67. The molecule has 4 N–H and O–H groups in total.